The van der Waals surface area contributed by atoms with Crippen molar-refractivity contribution in [3.8, 4) is 0 Å². The molecule has 1 heterocycles. The molecule has 2 aliphatic rings. The van der Waals surface area contributed by atoms with E-state index in [1.165, 1.54) is 56.2 Å². The van der Waals surface area contributed by atoms with Gasteiger partial charge in [0.1, 0.15) is 0 Å². The van der Waals surface area contributed by atoms with Gasteiger partial charge in [-0.05, 0) is 42.7 Å². The Labute approximate surface area is 104 Å². The molecule has 0 amide bonds. The van der Waals surface area contributed by atoms with Gasteiger partial charge in [0.25, 0.3) is 0 Å². The molecule has 0 radical (unpaired) electrons. The summed E-state index contributed by atoms with van der Waals surface area (Å²) in [5, 5.41) is 0. The predicted molar refractivity (Wildman–Crippen MR) is 72.9 cm³/mol. The minimum absolute atomic E-state index is 0.823. The Morgan fingerprint density at radius 1 is 0.882 bits per heavy atom. The normalized spacial score (nSPS) is 21.5. The molecule has 0 atom stereocenters. The number of aliphatic imine (C=N–C) groups is 1. The molecule has 90 valence electrons. The second kappa shape index (κ2) is 5.03. The third-order valence-corrected chi connectivity index (χ3v) is 4.19. The first-order valence-electron chi connectivity index (χ1n) is 7.07. The molecule has 1 saturated carbocycles. The average molecular weight is 227 g/mol. The minimum Gasteiger partial charge on any atom is -0.289 e. The van der Waals surface area contributed by atoms with Crippen LogP contribution in [0.1, 0.15) is 62.0 Å². The van der Waals surface area contributed by atoms with Gasteiger partial charge in [-0.3, -0.25) is 4.99 Å². The van der Waals surface area contributed by atoms with Crippen molar-refractivity contribution >= 4 is 5.71 Å². The standard InChI is InChI=1S/C16H21N/c1-2-5-13(6-3-1)14-8-10-15(11-9-14)16-7-4-12-17-16/h8-11,13H,1-7,12H2. The summed E-state index contributed by atoms with van der Waals surface area (Å²) in [5.74, 6) is 0.823. The van der Waals surface area contributed by atoms with Crippen LogP contribution in [0.5, 0.6) is 0 Å². The van der Waals surface area contributed by atoms with E-state index < -0.39 is 0 Å². The molecule has 1 aliphatic carbocycles. The first kappa shape index (κ1) is 11.0. The van der Waals surface area contributed by atoms with E-state index in [0.717, 1.165) is 12.5 Å². The highest BCUT2D eigenvalue weighted by molar-refractivity contribution is 6.01. The molecular formula is C16H21N. The zero-order chi connectivity index (χ0) is 11.5. The first-order valence-corrected chi connectivity index (χ1v) is 7.07. The lowest BCUT2D eigenvalue weighted by molar-refractivity contribution is 0.443. The van der Waals surface area contributed by atoms with Crippen LogP contribution < -0.4 is 0 Å². The number of hydrogen-bond acceptors (Lipinski definition) is 1. The molecule has 0 saturated heterocycles. The van der Waals surface area contributed by atoms with Crippen LogP contribution in [-0.2, 0) is 0 Å². The van der Waals surface area contributed by atoms with Gasteiger partial charge in [0, 0.05) is 12.3 Å². The highest BCUT2D eigenvalue weighted by Crippen LogP contribution is 2.32. The van der Waals surface area contributed by atoms with Crippen molar-refractivity contribution in [3.63, 3.8) is 0 Å². The van der Waals surface area contributed by atoms with Crippen molar-refractivity contribution < 1.29 is 0 Å². The van der Waals surface area contributed by atoms with Gasteiger partial charge in [-0.1, -0.05) is 43.5 Å². The lowest BCUT2D eigenvalue weighted by atomic mass is 9.84. The van der Waals surface area contributed by atoms with Gasteiger partial charge in [0.15, 0.2) is 0 Å². The third kappa shape index (κ3) is 2.43. The summed E-state index contributed by atoms with van der Waals surface area (Å²) in [7, 11) is 0. The van der Waals surface area contributed by atoms with E-state index in [0.29, 0.717) is 0 Å². The zero-order valence-corrected chi connectivity index (χ0v) is 10.5. The maximum Gasteiger partial charge on any atom is 0.0421 e. The molecule has 1 aromatic carbocycles. The molecule has 1 aromatic rings. The van der Waals surface area contributed by atoms with Crippen LogP contribution in [-0.4, -0.2) is 12.3 Å². The van der Waals surface area contributed by atoms with E-state index in [2.05, 4.69) is 29.3 Å². The van der Waals surface area contributed by atoms with Crippen LogP contribution in [0.4, 0.5) is 0 Å². The Morgan fingerprint density at radius 2 is 1.65 bits per heavy atom. The molecule has 3 rings (SSSR count). The van der Waals surface area contributed by atoms with Crippen molar-refractivity contribution in [2.24, 2.45) is 4.99 Å². The average Bonchev–Trinajstić information content (AvgIpc) is 2.94. The van der Waals surface area contributed by atoms with Crippen molar-refractivity contribution in [1.29, 1.82) is 0 Å². The Kier molecular flexibility index (Phi) is 3.26. The number of benzene rings is 1. The highest BCUT2D eigenvalue weighted by atomic mass is 14.8. The maximum absolute atomic E-state index is 4.56. The van der Waals surface area contributed by atoms with Crippen molar-refractivity contribution in [1.82, 2.24) is 0 Å². The summed E-state index contributed by atoms with van der Waals surface area (Å²) in [5.41, 5.74) is 4.22. The van der Waals surface area contributed by atoms with E-state index in [-0.39, 0.29) is 0 Å². The van der Waals surface area contributed by atoms with E-state index in [1.807, 2.05) is 0 Å². The lowest BCUT2D eigenvalue weighted by Gasteiger charge is -2.22. The van der Waals surface area contributed by atoms with Crippen LogP contribution in [0.3, 0.4) is 0 Å². The molecule has 0 N–H and O–H groups in total. The summed E-state index contributed by atoms with van der Waals surface area (Å²) >= 11 is 0. The van der Waals surface area contributed by atoms with Crippen LogP contribution in [0.25, 0.3) is 0 Å². The Balaban J connectivity index is 1.75. The van der Waals surface area contributed by atoms with Gasteiger partial charge in [0.2, 0.25) is 0 Å². The summed E-state index contributed by atoms with van der Waals surface area (Å²) in [6.45, 7) is 1.03. The fourth-order valence-electron chi connectivity index (χ4n) is 3.16. The molecule has 1 fully saturated rings. The van der Waals surface area contributed by atoms with E-state index in [1.54, 1.807) is 5.56 Å². The van der Waals surface area contributed by atoms with Crippen LogP contribution in [0.15, 0.2) is 29.3 Å². The topological polar surface area (TPSA) is 12.4 Å². The van der Waals surface area contributed by atoms with E-state index >= 15 is 0 Å². The van der Waals surface area contributed by atoms with Crippen LogP contribution >= 0.6 is 0 Å². The molecule has 17 heavy (non-hydrogen) atoms. The van der Waals surface area contributed by atoms with E-state index in [9.17, 15) is 0 Å². The first-order chi connectivity index (χ1) is 8.43. The smallest absolute Gasteiger partial charge is 0.0421 e. The molecule has 0 aromatic heterocycles. The van der Waals surface area contributed by atoms with Gasteiger partial charge in [-0.25, -0.2) is 0 Å². The van der Waals surface area contributed by atoms with Gasteiger partial charge in [-0.2, -0.15) is 0 Å². The molecular weight excluding hydrogens is 206 g/mol. The second-order valence-corrected chi connectivity index (χ2v) is 5.39. The largest absolute Gasteiger partial charge is 0.289 e. The minimum atomic E-state index is 0.823. The zero-order valence-electron chi connectivity index (χ0n) is 10.5. The molecule has 1 nitrogen and oxygen atoms in total. The van der Waals surface area contributed by atoms with E-state index in [4.69, 9.17) is 0 Å². The van der Waals surface area contributed by atoms with Crippen molar-refractivity contribution in [3.05, 3.63) is 35.4 Å². The maximum atomic E-state index is 4.56. The quantitative estimate of drug-likeness (QED) is 0.713. The SMILES string of the molecule is c1cc(C2CCCCC2)ccc1C1=NCCC1. The van der Waals surface area contributed by atoms with Gasteiger partial charge in [0.05, 0.1) is 0 Å². The van der Waals surface area contributed by atoms with Gasteiger partial charge in [-0.15, -0.1) is 0 Å². The Hall–Kier alpha value is -1.11. The molecule has 0 unspecified atom stereocenters. The van der Waals surface area contributed by atoms with Crippen molar-refractivity contribution in [2.45, 2.75) is 50.9 Å². The van der Waals surface area contributed by atoms with Gasteiger partial charge >= 0.3 is 0 Å². The summed E-state index contributed by atoms with van der Waals surface area (Å²) in [6, 6.07) is 9.25. The number of hydrogen-bond donors (Lipinski definition) is 0. The van der Waals surface area contributed by atoms with Gasteiger partial charge < -0.3 is 0 Å². The van der Waals surface area contributed by atoms with Crippen LogP contribution in [0.2, 0.25) is 0 Å². The van der Waals surface area contributed by atoms with Crippen molar-refractivity contribution in [2.75, 3.05) is 6.54 Å². The molecule has 0 spiro atoms. The summed E-state index contributed by atoms with van der Waals surface area (Å²) in [6.07, 6.45) is 9.45. The molecule has 1 aliphatic heterocycles. The summed E-state index contributed by atoms with van der Waals surface area (Å²) < 4.78 is 0. The predicted octanol–water partition coefficient (Wildman–Crippen LogP) is 4.32. The number of nitrogens with zero attached hydrogens (tertiary/aromatic N) is 1. The van der Waals surface area contributed by atoms with Crippen LogP contribution in [0, 0.1) is 0 Å². The Bertz CT molecular complexity index is 396. The molecule has 1 heteroatoms. The Morgan fingerprint density at radius 3 is 2.29 bits per heavy atom. The second-order valence-electron chi connectivity index (χ2n) is 5.39. The molecule has 0 bridgehead atoms. The number of rotatable bonds is 2. The third-order valence-electron chi connectivity index (χ3n) is 4.19. The fourth-order valence-corrected chi connectivity index (χ4v) is 3.16. The monoisotopic (exact) mass is 227 g/mol. The summed E-state index contributed by atoms with van der Waals surface area (Å²) in [4.78, 5) is 4.56. The fraction of sp³-hybridized carbons (Fsp3) is 0.562. The highest BCUT2D eigenvalue weighted by Gasteiger charge is 2.16. The lowest BCUT2D eigenvalue weighted by Crippen LogP contribution is -2.05.